The summed E-state index contributed by atoms with van der Waals surface area (Å²) in [6, 6.07) is 22.1. The van der Waals surface area contributed by atoms with Gasteiger partial charge in [0.1, 0.15) is 0 Å². The number of para-hydroxylation sites is 2. The van der Waals surface area contributed by atoms with Gasteiger partial charge in [0.25, 0.3) is 0 Å². The van der Waals surface area contributed by atoms with Gasteiger partial charge in [0.05, 0.1) is 24.5 Å². The highest BCUT2D eigenvalue weighted by molar-refractivity contribution is 5.46. The van der Waals surface area contributed by atoms with Crippen molar-refractivity contribution in [3.8, 4) is 5.69 Å². The molecule has 1 aromatic heterocycles. The molecule has 2 aromatic carbocycles. The van der Waals surface area contributed by atoms with Crippen LogP contribution in [0, 0.1) is 0 Å². The van der Waals surface area contributed by atoms with Crippen LogP contribution in [0.4, 0.5) is 5.69 Å². The summed E-state index contributed by atoms with van der Waals surface area (Å²) in [6.07, 6.45) is 1.97. The summed E-state index contributed by atoms with van der Waals surface area (Å²) >= 11 is 0. The van der Waals surface area contributed by atoms with Crippen LogP contribution in [0.3, 0.4) is 0 Å². The lowest BCUT2D eigenvalue weighted by Crippen LogP contribution is -2.26. The molecule has 0 unspecified atom stereocenters. The van der Waals surface area contributed by atoms with Gasteiger partial charge in [0, 0.05) is 18.4 Å². The summed E-state index contributed by atoms with van der Waals surface area (Å²) in [5.74, 6) is 0. The van der Waals surface area contributed by atoms with E-state index in [1.54, 1.807) is 0 Å². The number of aliphatic hydroxyl groups excluding tert-OH is 1. The molecule has 0 spiro atoms. The van der Waals surface area contributed by atoms with Crippen LogP contribution in [-0.4, -0.2) is 28.0 Å². The molecule has 0 aliphatic heterocycles. The molecule has 3 aromatic rings. The van der Waals surface area contributed by atoms with Crippen LogP contribution in [0.2, 0.25) is 0 Å². The molecule has 0 amide bonds. The van der Waals surface area contributed by atoms with Crippen LogP contribution >= 0.6 is 0 Å². The summed E-state index contributed by atoms with van der Waals surface area (Å²) in [6.45, 7) is 1.38. The number of hydrogen-bond donors (Lipinski definition) is 1. The Morgan fingerprint density at radius 1 is 0.909 bits per heavy atom. The monoisotopic (exact) mass is 293 g/mol. The van der Waals surface area contributed by atoms with Crippen molar-refractivity contribution in [2.75, 3.05) is 18.1 Å². The van der Waals surface area contributed by atoms with Crippen molar-refractivity contribution < 1.29 is 5.11 Å². The van der Waals surface area contributed by atoms with Gasteiger partial charge in [-0.2, -0.15) is 5.10 Å². The zero-order chi connectivity index (χ0) is 15.2. The molecule has 1 heterocycles. The number of benzene rings is 2. The summed E-state index contributed by atoms with van der Waals surface area (Å²) in [5, 5.41) is 13.9. The average molecular weight is 293 g/mol. The molecule has 0 radical (unpaired) electrons. The predicted octanol–water partition coefficient (Wildman–Crippen LogP) is 2.87. The highest BCUT2D eigenvalue weighted by Gasteiger charge is 2.09. The Bertz CT molecular complexity index is 695. The molecule has 4 heteroatoms. The van der Waals surface area contributed by atoms with E-state index in [9.17, 15) is 5.11 Å². The van der Waals surface area contributed by atoms with Crippen molar-refractivity contribution in [2.24, 2.45) is 0 Å². The fourth-order valence-electron chi connectivity index (χ4n) is 2.43. The Morgan fingerprint density at radius 2 is 1.59 bits per heavy atom. The summed E-state index contributed by atoms with van der Waals surface area (Å²) < 4.78 is 1.87. The summed E-state index contributed by atoms with van der Waals surface area (Å²) in [7, 11) is 0. The predicted molar refractivity (Wildman–Crippen MR) is 88.1 cm³/mol. The SMILES string of the molecule is OCCN(Cc1ccn(-c2ccccc2)n1)c1ccccc1. The lowest BCUT2D eigenvalue weighted by Gasteiger charge is -2.22. The smallest absolute Gasteiger partial charge is 0.0822 e. The second-order valence-corrected chi connectivity index (χ2v) is 5.07. The molecule has 3 rings (SSSR count). The minimum Gasteiger partial charge on any atom is -0.395 e. The standard InChI is InChI=1S/C18H19N3O/c22-14-13-20(17-7-3-1-4-8-17)15-16-11-12-21(19-16)18-9-5-2-6-10-18/h1-12,22H,13-15H2. The molecular formula is C18H19N3O. The molecule has 4 nitrogen and oxygen atoms in total. The fourth-order valence-corrected chi connectivity index (χ4v) is 2.43. The van der Waals surface area contributed by atoms with Crippen molar-refractivity contribution in [3.05, 3.63) is 78.6 Å². The third-order valence-electron chi connectivity index (χ3n) is 3.51. The van der Waals surface area contributed by atoms with Gasteiger partial charge in [0.2, 0.25) is 0 Å². The van der Waals surface area contributed by atoms with Crippen LogP contribution in [0.1, 0.15) is 5.69 Å². The Balaban J connectivity index is 1.78. The molecule has 0 saturated carbocycles. The first-order valence-corrected chi connectivity index (χ1v) is 7.37. The highest BCUT2D eigenvalue weighted by atomic mass is 16.3. The molecule has 0 atom stereocenters. The van der Waals surface area contributed by atoms with Crippen molar-refractivity contribution in [1.29, 1.82) is 0 Å². The first-order valence-electron chi connectivity index (χ1n) is 7.37. The van der Waals surface area contributed by atoms with Crippen molar-refractivity contribution >= 4 is 5.69 Å². The first-order chi connectivity index (χ1) is 10.9. The number of rotatable bonds is 6. The van der Waals surface area contributed by atoms with E-state index in [1.165, 1.54) is 0 Å². The molecule has 112 valence electrons. The average Bonchev–Trinajstić information content (AvgIpc) is 3.05. The molecular weight excluding hydrogens is 274 g/mol. The van der Waals surface area contributed by atoms with Gasteiger partial charge in [-0.05, 0) is 30.3 Å². The summed E-state index contributed by atoms with van der Waals surface area (Å²) in [4.78, 5) is 2.12. The second-order valence-electron chi connectivity index (χ2n) is 5.07. The van der Waals surface area contributed by atoms with Crippen LogP contribution in [0.25, 0.3) is 5.69 Å². The maximum absolute atomic E-state index is 9.29. The minimum atomic E-state index is 0.119. The van der Waals surface area contributed by atoms with Gasteiger partial charge in [-0.25, -0.2) is 4.68 Å². The number of nitrogens with zero attached hydrogens (tertiary/aromatic N) is 3. The maximum Gasteiger partial charge on any atom is 0.0822 e. The number of aliphatic hydroxyl groups is 1. The Labute approximate surface area is 130 Å². The minimum absolute atomic E-state index is 0.119. The topological polar surface area (TPSA) is 41.3 Å². The Hall–Kier alpha value is -2.59. The third-order valence-corrected chi connectivity index (χ3v) is 3.51. The summed E-state index contributed by atoms with van der Waals surface area (Å²) in [5.41, 5.74) is 3.11. The molecule has 22 heavy (non-hydrogen) atoms. The Morgan fingerprint density at radius 3 is 2.27 bits per heavy atom. The van der Waals surface area contributed by atoms with E-state index in [0.29, 0.717) is 13.1 Å². The highest BCUT2D eigenvalue weighted by Crippen LogP contribution is 2.16. The fraction of sp³-hybridized carbons (Fsp3) is 0.167. The molecule has 0 saturated heterocycles. The van der Waals surface area contributed by atoms with Crippen LogP contribution in [-0.2, 0) is 6.54 Å². The lowest BCUT2D eigenvalue weighted by atomic mass is 10.2. The second kappa shape index (κ2) is 6.91. The first kappa shape index (κ1) is 14.4. The van der Waals surface area contributed by atoms with Crippen LogP contribution < -0.4 is 4.90 Å². The molecule has 0 bridgehead atoms. The Kier molecular flexibility index (Phi) is 4.51. The third kappa shape index (κ3) is 3.35. The zero-order valence-electron chi connectivity index (χ0n) is 12.3. The van der Waals surface area contributed by atoms with Crippen molar-refractivity contribution in [1.82, 2.24) is 9.78 Å². The van der Waals surface area contributed by atoms with E-state index in [-0.39, 0.29) is 6.61 Å². The molecule has 0 aliphatic rings. The number of anilines is 1. The van der Waals surface area contributed by atoms with E-state index in [1.807, 2.05) is 77.6 Å². The van der Waals surface area contributed by atoms with E-state index in [0.717, 1.165) is 17.1 Å². The van der Waals surface area contributed by atoms with Gasteiger partial charge >= 0.3 is 0 Å². The number of hydrogen-bond acceptors (Lipinski definition) is 3. The van der Waals surface area contributed by atoms with Crippen LogP contribution in [0.5, 0.6) is 0 Å². The largest absolute Gasteiger partial charge is 0.395 e. The van der Waals surface area contributed by atoms with E-state index in [4.69, 9.17) is 0 Å². The van der Waals surface area contributed by atoms with Gasteiger partial charge < -0.3 is 10.0 Å². The molecule has 0 fully saturated rings. The quantitative estimate of drug-likeness (QED) is 0.760. The maximum atomic E-state index is 9.29. The van der Waals surface area contributed by atoms with Crippen molar-refractivity contribution in [2.45, 2.75) is 6.54 Å². The van der Waals surface area contributed by atoms with Crippen LogP contribution in [0.15, 0.2) is 72.9 Å². The molecule has 1 N–H and O–H groups in total. The lowest BCUT2D eigenvalue weighted by molar-refractivity contribution is 0.301. The zero-order valence-corrected chi connectivity index (χ0v) is 12.3. The van der Waals surface area contributed by atoms with Gasteiger partial charge in [-0.3, -0.25) is 0 Å². The van der Waals surface area contributed by atoms with E-state index < -0.39 is 0 Å². The van der Waals surface area contributed by atoms with Gasteiger partial charge in [-0.15, -0.1) is 0 Å². The molecule has 0 aliphatic carbocycles. The van der Waals surface area contributed by atoms with Gasteiger partial charge in [0.15, 0.2) is 0 Å². The number of aromatic nitrogens is 2. The van der Waals surface area contributed by atoms with E-state index in [2.05, 4.69) is 10.00 Å². The van der Waals surface area contributed by atoms with E-state index >= 15 is 0 Å². The van der Waals surface area contributed by atoms with Crippen molar-refractivity contribution in [3.63, 3.8) is 0 Å². The van der Waals surface area contributed by atoms with Gasteiger partial charge in [-0.1, -0.05) is 36.4 Å². The normalized spacial score (nSPS) is 10.6.